The summed E-state index contributed by atoms with van der Waals surface area (Å²) in [6, 6.07) is 7.70. The highest BCUT2D eigenvalue weighted by Gasteiger charge is 2.15. The molecule has 7 heteroatoms. The molecular formula is C12H8BrClN2O3. The van der Waals surface area contributed by atoms with E-state index in [0.717, 1.165) is 0 Å². The lowest BCUT2D eigenvalue weighted by Gasteiger charge is -2.07. The first-order chi connectivity index (χ1) is 8.99. The normalized spacial score (nSPS) is 10.4. The number of pyridine rings is 1. The highest BCUT2D eigenvalue weighted by atomic mass is 79.9. The Morgan fingerprint density at radius 3 is 2.79 bits per heavy atom. The Kier molecular flexibility index (Phi) is 4.01. The lowest BCUT2D eigenvalue weighted by atomic mass is 10.2. The second-order valence-corrected chi connectivity index (χ2v) is 5.11. The molecule has 0 amide bonds. The van der Waals surface area contributed by atoms with E-state index >= 15 is 0 Å². The summed E-state index contributed by atoms with van der Waals surface area (Å²) in [7, 11) is 0. The van der Waals surface area contributed by atoms with Gasteiger partial charge in [-0.05, 0) is 40.2 Å². The van der Waals surface area contributed by atoms with E-state index < -0.39 is 4.92 Å². The molecule has 1 heterocycles. The Balaban J connectivity index is 2.47. The van der Waals surface area contributed by atoms with Crippen molar-refractivity contribution in [3.63, 3.8) is 0 Å². The molecule has 0 fully saturated rings. The average molecular weight is 344 g/mol. The van der Waals surface area contributed by atoms with Crippen LogP contribution in [0.4, 0.5) is 5.69 Å². The van der Waals surface area contributed by atoms with Crippen LogP contribution < -0.4 is 5.56 Å². The van der Waals surface area contributed by atoms with Gasteiger partial charge in [0.25, 0.3) is 11.2 Å². The number of nitrogens with zero attached hydrogens (tertiary/aromatic N) is 2. The molecule has 0 saturated carbocycles. The number of nitro groups is 1. The van der Waals surface area contributed by atoms with Gasteiger partial charge in [0.1, 0.15) is 0 Å². The molecule has 0 aliphatic carbocycles. The van der Waals surface area contributed by atoms with Crippen molar-refractivity contribution in [2.45, 2.75) is 6.54 Å². The van der Waals surface area contributed by atoms with Gasteiger partial charge in [0.2, 0.25) is 0 Å². The third kappa shape index (κ3) is 3.02. The molecule has 5 nitrogen and oxygen atoms in total. The first-order valence-corrected chi connectivity index (χ1v) is 6.44. The Hall–Kier alpha value is -1.66. The van der Waals surface area contributed by atoms with Crippen LogP contribution in [0.1, 0.15) is 5.56 Å². The first-order valence-electron chi connectivity index (χ1n) is 5.27. The monoisotopic (exact) mass is 342 g/mol. The molecular weight excluding hydrogens is 336 g/mol. The number of benzene rings is 1. The second kappa shape index (κ2) is 5.54. The minimum Gasteiger partial charge on any atom is -0.310 e. The molecule has 0 unspecified atom stereocenters. The van der Waals surface area contributed by atoms with Gasteiger partial charge in [0, 0.05) is 22.8 Å². The quantitative estimate of drug-likeness (QED) is 0.635. The number of nitro benzene ring substituents is 1. The Morgan fingerprint density at radius 2 is 2.11 bits per heavy atom. The van der Waals surface area contributed by atoms with Crippen LogP contribution in [0.15, 0.2) is 45.8 Å². The molecule has 0 aliphatic heterocycles. The number of hydrogen-bond acceptors (Lipinski definition) is 3. The molecule has 0 aliphatic rings. The smallest absolute Gasteiger partial charge is 0.275 e. The van der Waals surface area contributed by atoms with E-state index in [0.29, 0.717) is 10.0 Å². The van der Waals surface area contributed by atoms with Gasteiger partial charge in [-0.1, -0.05) is 11.6 Å². The van der Waals surface area contributed by atoms with Crippen LogP contribution >= 0.6 is 27.5 Å². The molecule has 0 N–H and O–H groups in total. The van der Waals surface area contributed by atoms with Crippen LogP contribution in [0.2, 0.25) is 5.02 Å². The van der Waals surface area contributed by atoms with Crippen molar-refractivity contribution in [2.75, 3.05) is 0 Å². The second-order valence-electron chi connectivity index (χ2n) is 3.82. The minimum absolute atomic E-state index is 0.0978. The van der Waals surface area contributed by atoms with Crippen molar-refractivity contribution in [3.05, 3.63) is 72.1 Å². The van der Waals surface area contributed by atoms with Gasteiger partial charge in [-0.2, -0.15) is 0 Å². The molecule has 0 atom stereocenters. The number of hydrogen-bond donors (Lipinski definition) is 0. The highest BCUT2D eigenvalue weighted by Crippen LogP contribution is 2.23. The predicted octanol–water partition coefficient (Wildman–Crippen LogP) is 3.22. The van der Waals surface area contributed by atoms with Crippen molar-refractivity contribution in [3.8, 4) is 0 Å². The summed E-state index contributed by atoms with van der Waals surface area (Å²) in [5.74, 6) is 0. The SMILES string of the molecule is O=c1c(Br)cccn1Cc1ccc(Cl)cc1[N+](=O)[O-]. The molecule has 1 aromatic carbocycles. The van der Waals surface area contributed by atoms with Crippen LogP contribution in [0.25, 0.3) is 0 Å². The molecule has 2 aromatic rings. The maximum atomic E-state index is 11.8. The lowest BCUT2D eigenvalue weighted by molar-refractivity contribution is -0.385. The Morgan fingerprint density at radius 1 is 1.37 bits per heavy atom. The maximum absolute atomic E-state index is 11.8. The molecule has 19 heavy (non-hydrogen) atoms. The Bertz CT molecular complexity index is 700. The lowest BCUT2D eigenvalue weighted by Crippen LogP contribution is -2.20. The molecule has 0 bridgehead atoms. The number of aromatic nitrogens is 1. The van der Waals surface area contributed by atoms with Crippen LogP contribution in [-0.4, -0.2) is 9.49 Å². The molecule has 1 aromatic heterocycles. The standard InChI is InChI=1S/C12H8BrClN2O3/c13-10-2-1-5-15(12(10)17)7-8-3-4-9(14)6-11(8)16(18)19/h1-6H,7H2. The molecule has 2 rings (SSSR count). The fraction of sp³-hybridized carbons (Fsp3) is 0.0833. The fourth-order valence-electron chi connectivity index (χ4n) is 1.66. The van der Waals surface area contributed by atoms with Crippen LogP contribution in [0, 0.1) is 10.1 Å². The molecule has 0 spiro atoms. The molecule has 0 radical (unpaired) electrons. The van der Waals surface area contributed by atoms with Gasteiger partial charge in [-0.3, -0.25) is 14.9 Å². The highest BCUT2D eigenvalue weighted by molar-refractivity contribution is 9.10. The summed E-state index contributed by atoms with van der Waals surface area (Å²) in [5.41, 5.74) is 0.0840. The van der Waals surface area contributed by atoms with Crippen molar-refractivity contribution >= 4 is 33.2 Å². The number of halogens is 2. The van der Waals surface area contributed by atoms with Crippen molar-refractivity contribution in [1.82, 2.24) is 4.57 Å². The van der Waals surface area contributed by atoms with E-state index in [1.807, 2.05) is 0 Å². The summed E-state index contributed by atoms with van der Waals surface area (Å²) in [4.78, 5) is 22.3. The average Bonchev–Trinajstić information content (AvgIpc) is 2.36. The van der Waals surface area contributed by atoms with E-state index in [-0.39, 0.29) is 22.8 Å². The number of rotatable bonds is 3. The zero-order chi connectivity index (χ0) is 14.0. The predicted molar refractivity (Wildman–Crippen MR) is 75.6 cm³/mol. The Labute approximate surface area is 121 Å². The van der Waals surface area contributed by atoms with Crippen LogP contribution in [0.3, 0.4) is 0 Å². The van der Waals surface area contributed by atoms with Gasteiger partial charge in [0.05, 0.1) is 15.9 Å². The van der Waals surface area contributed by atoms with Gasteiger partial charge >= 0.3 is 0 Å². The summed E-state index contributed by atoms with van der Waals surface area (Å²) in [6.07, 6.45) is 1.57. The third-order valence-electron chi connectivity index (χ3n) is 2.56. The molecule has 98 valence electrons. The van der Waals surface area contributed by atoms with Crippen LogP contribution in [-0.2, 0) is 6.54 Å². The summed E-state index contributed by atoms with van der Waals surface area (Å²) < 4.78 is 1.80. The van der Waals surface area contributed by atoms with E-state index in [9.17, 15) is 14.9 Å². The first kappa shape index (κ1) is 13.8. The fourth-order valence-corrected chi connectivity index (χ4v) is 2.20. The van der Waals surface area contributed by atoms with Gasteiger partial charge in [-0.25, -0.2) is 0 Å². The van der Waals surface area contributed by atoms with E-state index in [1.54, 1.807) is 30.5 Å². The largest absolute Gasteiger partial charge is 0.310 e. The van der Waals surface area contributed by atoms with E-state index in [4.69, 9.17) is 11.6 Å². The van der Waals surface area contributed by atoms with Crippen molar-refractivity contribution in [2.24, 2.45) is 0 Å². The summed E-state index contributed by atoms with van der Waals surface area (Å²) in [5, 5.41) is 11.3. The van der Waals surface area contributed by atoms with Gasteiger partial charge in [0.15, 0.2) is 0 Å². The van der Waals surface area contributed by atoms with Crippen molar-refractivity contribution in [1.29, 1.82) is 0 Å². The van der Waals surface area contributed by atoms with Crippen molar-refractivity contribution < 1.29 is 4.92 Å². The van der Waals surface area contributed by atoms with Crippen LogP contribution in [0.5, 0.6) is 0 Å². The van der Waals surface area contributed by atoms with Gasteiger partial charge in [-0.15, -0.1) is 0 Å². The summed E-state index contributed by atoms with van der Waals surface area (Å²) >= 11 is 8.87. The maximum Gasteiger partial charge on any atom is 0.275 e. The zero-order valence-electron chi connectivity index (χ0n) is 9.55. The van der Waals surface area contributed by atoms with Gasteiger partial charge < -0.3 is 4.57 Å². The zero-order valence-corrected chi connectivity index (χ0v) is 11.9. The third-order valence-corrected chi connectivity index (χ3v) is 3.40. The minimum atomic E-state index is -0.510. The van der Waals surface area contributed by atoms with E-state index in [1.165, 1.54) is 10.6 Å². The van der Waals surface area contributed by atoms with E-state index in [2.05, 4.69) is 15.9 Å². The molecule has 0 saturated heterocycles. The topological polar surface area (TPSA) is 65.1 Å². The summed E-state index contributed by atoms with van der Waals surface area (Å²) in [6.45, 7) is 0.117.